The number of primary amides is 1. The normalized spacial score (nSPS) is 18.7. The summed E-state index contributed by atoms with van der Waals surface area (Å²) in [5.41, 5.74) is 7.06. The van der Waals surface area contributed by atoms with Gasteiger partial charge in [-0.25, -0.2) is 0 Å². The molecule has 0 bridgehead atoms. The zero-order valence-corrected chi connectivity index (χ0v) is 14.3. The van der Waals surface area contributed by atoms with Gasteiger partial charge in [-0.15, -0.1) is 0 Å². The Morgan fingerprint density at radius 3 is 2.27 bits per heavy atom. The van der Waals surface area contributed by atoms with Crippen LogP contribution < -0.4 is 5.73 Å². The van der Waals surface area contributed by atoms with E-state index < -0.39 is 17.6 Å². The molecule has 0 saturated carbocycles. The molecule has 0 aromatic heterocycles. The second-order valence-electron chi connectivity index (χ2n) is 6.66. The zero-order valence-electron chi connectivity index (χ0n) is 14.3. The minimum absolute atomic E-state index is 0.0989. The third kappa shape index (κ3) is 4.25. The third-order valence-electron chi connectivity index (χ3n) is 4.86. The van der Waals surface area contributed by atoms with Crippen LogP contribution in [0.5, 0.6) is 0 Å². The van der Waals surface area contributed by atoms with Crippen LogP contribution in [-0.2, 0) is 12.7 Å². The fourth-order valence-corrected chi connectivity index (χ4v) is 3.46. The number of piperidine rings is 1. The van der Waals surface area contributed by atoms with Crippen molar-refractivity contribution in [2.45, 2.75) is 38.0 Å². The molecule has 2 aromatic rings. The minimum Gasteiger partial charge on any atom is -0.366 e. The highest BCUT2D eigenvalue weighted by Gasteiger charge is 2.31. The van der Waals surface area contributed by atoms with Crippen molar-refractivity contribution in [1.29, 1.82) is 0 Å². The molecule has 0 radical (unpaired) electrons. The van der Waals surface area contributed by atoms with E-state index in [9.17, 15) is 18.0 Å². The molecular formula is C20H21F3N2O. The molecule has 1 saturated heterocycles. The molecule has 1 aliphatic heterocycles. The predicted octanol–water partition coefficient (Wildman–Crippen LogP) is 4.53. The van der Waals surface area contributed by atoms with E-state index in [1.54, 1.807) is 24.3 Å². The van der Waals surface area contributed by atoms with Crippen molar-refractivity contribution in [2.24, 2.45) is 5.73 Å². The van der Waals surface area contributed by atoms with E-state index >= 15 is 0 Å². The Bertz CT molecular complexity index is 754. The van der Waals surface area contributed by atoms with Crippen molar-refractivity contribution in [3.05, 3.63) is 70.8 Å². The van der Waals surface area contributed by atoms with E-state index in [0.29, 0.717) is 12.1 Å². The average molecular weight is 362 g/mol. The van der Waals surface area contributed by atoms with E-state index in [1.165, 1.54) is 0 Å². The maximum atomic E-state index is 12.8. The van der Waals surface area contributed by atoms with Gasteiger partial charge in [-0.1, -0.05) is 30.7 Å². The first-order chi connectivity index (χ1) is 12.3. The summed E-state index contributed by atoms with van der Waals surface area (Å²) < 4.78 is 38.3. The number of likely N-dealkylation sites (tertiary alicyclic amines) is 1. The minimum atomic E-state index is -4.31. The van der Waals surface area contributed by atoms with Crippen LogP contribution in [0, 0.1) is 0 Å². The Morgan fingerprint density at radius 1 is 1.04 bits per heavy atom. The molecule has 2 N–H and O–H groups in total. The molecule has 0 spiro atoms. The first-order valence-electron chi connectivity index (χ1n) is 8.64. The van der Waals surface area contributed by atoms with Crippen molar-refractivity contribution >= 4 is 5.91 Å². The van der Waals surface area contributed by atoms with E-state index in [2.05, 4.69) is 4.90 Å². The van der Waals surface area contributed by atoms with Crippen molar-refractivity contribution in [1.82, 2.24) is 4.90 Å². The van der Waals surface area contributed by atoms with Crippen LogP contribution in [0.4, 0.5) is 13.2 Å². The van der Waals surface area contributed by atoms with Gasteiger partial charge in [-0.05, 0) is 54.8 Å². The van der Waals surface area contributed by atoms with E-state index in [4.69, 9.17) is 5.73 Å². The number of carbonyl (C=O) groups is 1. The summed E-state index contributed by atoms with van der Waals surface area (Å²) >= 11 is 0. The topological polar surface area (TPSA) is 46.3 Å². The molecule has 26 heavy (non-hydrogen) atoms. The molecular weight excluding hydrogens is 341 g/mol. The second kappa shape index (κ2) is 7.50. The van der Waals surface area contributed by atoms with Gasteiger partial charge < -0.3 is 5.73 Å². The maximum absolute atomic E-state index is 12.8. The Balaban J connectivity index is 1.76. The number of hydrogen-bond donors (Lipinski definition) is 1. The summed E-state index contributed by atoms with van der Waals surface area (Å²) in [5.74, 6) is -0.461. The van der Waals surface area contributed by atoms with Gasteiger partial charge in [-0.2, -0.15) is 13.2 Å². The molecule has 138 valence electrons. The molecule has 6 heteroatoms. The van der Waals surface area contributed by atoms with Gasteiger partial charge in [-0.3, -0.25) is 9.69 Å². The number of halogens is 3. The summed E-state index contributed by atoms with van der Waals surface area (Å²) in [7, 11) is 0. The van der Waals surface area contributed by atoms with Crippen LogP contribution >= 0.6 is 0 Å². The lowest BCUT2D eigenvalue weighted by atomic mass is 9.94. The summed E-state index contributed by atoms with van der Waals surface area (Å²) in [6.45, 7) is 1.58. The zero-order chi connectivity index (χ0) is 18.7. The van der Waals surface area contributed by atoms with Gasteiger partial charge in [0.05, 0.1) is 5.56 Å². The molecule has 1 aliphatic rings. The predicted molar refractivity (Wildman–Crippen MR) is 93.4 cm³/mol. The summed E-state index contributed by atoms with van der Waals surface area (Å²) in [5, 5.41) is 0. The van der Waals surface area contributed by atoms with Gasteiger partial charge in [0.2, 0.25) is 5.91 Å². The number of benzene rings is 2. The van der Waals surface area contributed by atoms with E-state index in [1.807, 2.05) is 12.1 Å². The Kier molecular flexibility index (Phi) is 5.32. The Hall–Kier alpha value is -2.34. The number of nitrogens with two attached hydrogens (primary N) is 1. The molecule has 2 aromatic carbocycles. The number of amides is 1. The number of carbonyl (C=O) groups excluding carboxylic acids is 1. The van der Waals surface area contributed by atoms with Crippen molar-refractivity contribution < 1.29 is 18.0 Å². The van der Waals surface area contributed by atoms with Gasteiger partial charge in [0, 0.05) is 18.2 Å². The van der Waals surface area contributed by atoms with Gasteiger partial charge in [0.1, 0.15) is 0 Å². The van der Waals surface area contributed by atoms with Gasteiger partial charge >= 0.3 is 6.18 Å². The lowest BCUT2D eigenvalue weighted by Gasteiger charge is -2.36. The van der Waals surface area contributed by atoms with Crippen LogP contribution in [0.1, 0.15) is 52.4 Å². The van der Waals surface area contributed by atoms with Crippen molar-refractivity contribution in [2.75, 3.05) is 6.54 Å². The molecule has 3 rings (SSSR count). The lowest BCUT2D eigenvalue weighted by Crippen LogP contribution is -2.33. The first-order valence-corrected chi connectivity index (χ1v) is 8.64. The van der Waals surface area contributed by atoms with Crippen LogP contribution in [0.2, 0.25) is 0 Å². The molecule has 1 fully saturated rings. The van der Waals surface area contributed by atoms with Gasteiger partial charge in [0.15, 0.2) is 0 Å². The quantitative estimate of drug-likeness (QED) is 0.868. The van der Waals surface area contributed by atoms with E-state index in [0.717, 1.165) is 49.1 Å². The van der Waals surface area contributed by atoms with Crippen molar-refractivity contribution in [3.8, 4) is 0 Å². The van der Waals surface area contributed by atoms with Gasteiger partial charge in [0.25, 0.3) is 0 Å². The highest BCUT2D eigenvalue weighted by molar-refractivity contribution is 5.92. The largest absolute Gasteiger partial charge is 0.416 e. The number of rotatable bonds is 4. The average Bonchev–Trinajstić information content (AvgIpc) is 2.62. The first kappa shape index (κ1) is 18.5. The molecule has 1 amide bonds. The number of alkyl halides is 3. The summed E-state index contributed by atoms with van der Waals surface area (Å²) in [6, 6.07) is 12.7. The molecule has 1 heterocycles. The molecule has 3 nitrogen and oxygen atoms in total. The van der Waals surface area contributed by atoms with Crippen LogP contribution in [-0.4, -0.2) is 17.4 Å². The molecule has 1 unspecified atom stereocenters. The second-order valence-corrected chi connectivity index (χ2v) is 6.66. The maximum Gasteiger partial charge on any atom is 0.416 e. The summed E-state index contributed by atoms with van der Waals surface area (Å²) in [6.07, 6.45) is -1.27. The van der Waals surface area contributed by atoms with Crippen LogP contribution in [0.25, 0.3) is 0 Å². The standard InChI is InChI=1S/C20H21F3N2O/c21-20(22,23)17-10-8-15(9-11-17)18-3-1-2-12-25(18)13-14-4-6-16(7-5-14)19(24)26/h4-11,18H,1-3,12-13H2,(H2,24,26). The molecule has 1 atom stereocenters. The van der Waals surface area contributed by atoms with Crippen LogP contribution in [0.3, 0.4) is 0 Å². The lowest BCUT2D eigenvalue weighted by molar-refractivity contribution is -0.137. The number of nitrogens with zero attached hydrogens (tertiary/aromatic N) is 1. The fraction of sp³-hybridized carbons (Fsp3) is 0.350. The van der Waals surface area contributed by atoms with E-state index in [-0.39, 0.29) is 6.04 Å². The SMILES string of the molecule is NC(=O)c1ccc(CN2CCCCC2c2ccc(C(F)(F)F)cc2)cc1. The monoisotopic (exact) mass is 362 g/mol. The highest BCUT2D eigenvalue weighted by Crippen LogP contribution is 2.35. The molecule has 0 aliphatic carbocycles. The third-order valence-corrected chi connectivity index (χ3v) is 4.86. The Labute approximate surface area is 150 Å². The summed E-state index contributed by atoms with van der Waals surface area (Å²) in [4.78, 5) is 13.5. The fourth-order valence-electron chi connectivity index (χ4n) is 3.46. The Morgan fingerprint density at radius 2 is 1.69 bits per heavy atom. The smallest absolute Gasteiger partial charge is 0.366 e. The highest BCUT2D eigenvalue weighted by atomic mass is 19.4. The number of hydrogen-bond acceptors (Lipinski definition) is 2. The van der Waals surface area contributed by atoms with Crippen LogP contribution in [0.15, 0.2) is 48.5 Å². The van der Waals surface area contributed by atoms with Crippen molar-refractivity contribution in [3.63, 3.8) is 0 Å².